The van der Waals surface area contributed by atoms with E-state index in [-0.39, 0.29) is 16.1 Å². The molecule has 1 aromatic heterocycles. The summed E-state index contributed by atoms with van der Waals surface area (Å²) in [6, 6.07) is 14.7. The molecule has 0 radical (unpaired) electrons. The molecule has 3 aromatic rings. The number of sulfone groups is 1. The van der Waals surface area contributed by atoms with Gasteiger partial charge in [-0.25, -0.2) is 8.42 Å². The number of hydrogen-bond donors (Lipinski definition) is 0. The van der Waals surface area contributed by atoms with E-state index in [1.165, 1.54) is 17.6 Å². The summed E-state index contributed by atoms with van der Waals surface area (Å²) >= 11 is 2.93. The van der Waals surface area contributed by atoms with Gasteiger partial charge in [0.15, 0.2) is 15.7 Å². The molecule has 2 aromatic carbocycles. The molecule has 1 saturated heterocycles. The van der Waals surface area contributed by atoms with Gasteiger partial charge in [0, 0.05) is 59.7 Å². The molecule has 2 heterocycles. The van der Waals surface area contributed by atoms with Crippen LogP contribution >= 0.6 is 23.3 Å². The van der Waals surface area contributed by atoms with Crippen LogP contribution in [0.4, 0.5) is 5.13 Å². The second-order valence-corrected chi connectivity index (χ2v) is 12.5. The fraction of sp³-hybridized carbons (Fsp3) is 0.348. The Morgan fingerprint density at radius 2 is 1.76 bits per heavy atom. The molecule has 7 nitrogen and oxygen atoms in total. The summed E-state index contributed by atoms with van der Waals surface area (Å²) in [5, 5.41) is 1.12. The largest absolute Gasteiger partial charge is 0.343 e. The Morgan fingerprint density at radius 3 is 2.39 bits per heavy atom. The zero-order valence-electron chi connectivity index (χ0n) is 18.8. The van der Waals surface area contributed by atoms with Crippen molar-refractivity contribution in [2.75, 3.05) is 37.3 Å². The van der Waals surface area contributed by atoms with Crippen LogP contribution in [0.1, 0.15) is 24.2 Å². The van der Waals surface area contributed by atoms with Gasteiger partial charge in [-0.1, -0.05) is 44.2 Å². The zero-order chi connectivity index (χ0) is 23.6. The van der Waals surface area contributed by atoms with Gasteiger partial charge in [0.25, 0.3) is 5.91 Å². The van der Waals surface area contributed by atoms with Crippen molar-refractivity contribution < 1.29 is 13.2 Å². The first-order chi connectivity index (χ1) is 15.7. The van der Waals surface area contributed by atoms with Gasteiger partial charge < -0.3 is 9.80 Å². The van der Waals surface area contributed by atoms with Crippen LogP contribution in [-0.2, 0) is 9.84 Å². The molecule has 1 amide bonds. The Morgan fingerprint density at radius 1 is 1.06 bits per heavy atom. The van der Waals surface area contributed by atoms with E-state index < -0.39 is 9.84 Å². The van der Waals surface area contributed by atoms with Gasteiger partial charge in [0.1, 0.15) is 0 Å². The topological polar surface area (TPSA) is 83.5 Å². The second-order valence-electron chi connectivity index (χ2n) is 8.14. The summed E-state index contributed by atoms with van der Waals surface area (Å²) in [4.78, 5) is 23.0. The third kappa shape index (κ3) is 5.56. The van der Waals surface area contributed by atoms with E-state index in [2.05, 4.69) is 14.3 Å². The fourth-order valence-electron chi connectivity index (χ4n) is 3.58. The molecule has 0 spiro atoms. The SMILES string of the molecule is CC(C)Sc1ccc(S(C)(=O)=O)cc1C(=O)N1CCN(c2nc(-c3ccccc3)ns2)CC1. The summed E-state index contributed by atoms with van der Waals surface area (Å²) in [5.41, 5.74) is 1.43. The zero-order valence-corrected chi connectivity index (χ0v) is 21.2. The van der Waals surface area contributed by atoms with Crippen LogP contribution in [0.5, 0.6) is 0 Å². The minimum Gasteiger partial charge on any atom is -0.343 e. The Labute approximate surface area is 202 Å². The molecule has 1 fully saturated rings. The minimum absolute atomic E-state index is 0.134. The number of anilines is 1. The molecule has 1 aliphatic heterocycles. The molecular formula is C23H26N4O3S3. The van der Waals surface area contributed by atoms with E-state index in [0.29, 0.717) is 37.6 Å². The maximum absolute atomic E-state index is 13.4. The number of benzene rings is 2. The number of nitrogens with zero attached hydrogens (tertiary/aromatic N) is 4. The molecule has 0 N–H and O–H groups in total. The quantitative estimate of drug-likeness (QED) is 0.470. The summed E-state index contributed by atoms with van der Waals surface area (Å²) < 4.78 is 28.6. The van der Waals surface area contributed by atoms with Gasteiger partial charge in [0.05, 0.1) is 10.5 Å². The third-order valence-corrected chi connectivity index (χ3v) is 8.23. The monoisotopic (exact) mass is 502 g/mol. The van der Waals surface area contributed by atoms with Crippen molar-refractivity contribution in [3.63, 3.8) is 0 Å². The number of amides is 1. The highest BCUT2D eigenvalue weighted by molar-refractivity contribution is 8.00. The van der Waals surface area contributed by atoms with Crippen molar-refractivity contribution >= 4 is 44.2 Å². The third-order valence-electron chi connectivity index (χ3n) is 5.26. The molecule has 1 aliphatic rings. The minimum atomic E-state index is -3.40. The lowest BCUT2D eigenvalue weighted by atomic mass is 10.2. The van der Waals surface area contributed by atoms with Gasteiger partial charge in [-0.2, -0.15) is 9.36 Å². The van der Waals surface area contributed by atoms with Crippen LogP contribution in [0.25, 0.3) is 11.4 Å². The van der Waals surface area contributed by atoms with E-state index in [9.17, 15) is 13.2 Å². The highest BCUT2D eigenvalue weighted by Gasteiger charge is 2.27. The first-order valence-electron chi connectivity index (χ1n) is 10.7. The average molecular weight is 503 g/mol. The number of carbonyl (C=O) groups excluding carboxylic acids is 1. The summed E-state index contributed by atoms with van der Waals surface area (Å²) in [5.74, 6) is 0.576. The van der Waals surface area contributed by atoms with E-state index in [1.54, 1.807) is 28.8 Å². The van der Waals surface area contributed by atoms with Gasteiger partial charge in [-0.15, -0.1) is 11.8 Å². The van der Waals surface area contributed by atoms with Crippen molar-refractivity contribution in [1.82, 2.24) is 14.3 Å². The van der Waals surface area contributed by atoms with Crippen LogP contribution in [-0.4, -0.2) is 66.3 Å². The molecular weight excluding hydrogens is 476 g/mol. The van der Waals surface area contributed by atoms with Crippen molar-refractivity contribution in [1.29, 1.82) is 0 Å². The van der Waals surface area contributed by atoms with Crippen molar-refractivity contribution in [3.05, 3.63) is 54.1 Å². The number of carbonyl (C=O) groups is 1. The summed E-state index contributed by atoms with van der Waals surface area (Å²) in [6.07, 6.45) is 1.16. The highest BCUT2D eigenvalue weighted by atomic mass is 32.2. The highest BCUT2D eigenvalue weighted by Crippen LogP contribution is 2.30. The van der Waals surface area contributed by atoms with Crippen LogP contribution in [0.2, 0.25) is 0 Å². The standard InChI is InChI=1S/C23H26N4O3S3/c1-16(2)31-20-10-9-18(33(3,29)30)15-19(20)22(28)26-11-13-27(14-12-26)23-24-21(25-32-23)17-7-5-4-6-8-17/h4-10,15-16H,11-14H2,1-3H3. The Bertz CT molecular complexity index is 1230. The van der Waals surface area contributed by atoms with Crippen LogP contribution < -0.4 is 4.90 Å². The Hall–Kier alpha value is -2.43. The molecule has 174 valence electrons. The normalized spacial score (nSPS) is 14.7. The molecule has 0 bridgehead atoms. The summed E-state index contributed by atoms with van der Waals surface area (Å²) in [6.45, 7) is 6.46. The van der Waals surface area contributed by atoms with Gasteiger partial charge in [-0.3, -0.25) is 4.79 Å². The predicted molar refractivity (Wildman–Crippen MR) is 134 cm³/mol. The van der Waals surface area contributed by atoms with Crippen molar-refractivity contribution in [3.8, 4) is 11.4 Å². The van der Waals surface area contributed by atoms with Crippen molar-refractivity contribution in [2.24, 2.45) is 0 Å². The molecule has 0 saturated carbocycles. The van der Waals surface area contributed by atoms with E-state index >= 15 is 0 Å². The lowest BCUT2D eigenvalue weighted by Gasteiger charge is -2.34. The van der Waals surface area contributed by atoms with Gasteiger partial charge >= 0.3 is 0 Å². The van der Waals surface area contributed by atoms with E-state index in [0.717, 1.165) is 21.8 Å². The number of piperazine rings is 1. The molecule has 0 unspecified atom stereocenters. The maximum Gasteiger partial charge on any atom is 0.255 e. The van der Waals surface area contributed by atoms with Gasteiger partial charge in [-0.05, 0) is 18.2 Å². The number of thioether (sulfide) groups is 1. The smallest absolute Gasteiger partial charge is 0.255 e. The van der Waals surface area contributed by atoms with Crippen LogP contribution in [0.3, 0.4) is 0 Å². The summed E-state index contributed by atoms with van der Waals surface area (Å²) in [7, 11) is -3.40. The first kappa shape index (κ1) is 23.7. The molecule has 10 heteroatoms. The van der Waals surface area contributed by atoms with E-state index in [1.807, 2.05) is 44.2 Å². The fourth-order valence-corrected chi connectivity index (χ4v) is 5.90. The van der Waals surface area contributed by atoms with Crippen LogP contribution in [0.15, 0.2) is 58.3 Å². The molecule has 33 heavy (non-hydrogen) atoms. The maximum atomic E-state index is 13.4. The molecule has 0 aliphatic carbocycles. The first-order valence-corrected chi connectivity index (χ1v) is 14.2. The number of rotatable bonds is 6. The molecule has 4 rings (SSSR count). The average Bonchev–Trinajstić information content (AvgIpc) is 3.29. The Balaban J connectivity index is 1.49. The van der Waals surface area contributed by atoms with Crippen molar-refractivity contribution in [2.45, 2.75) is 28.9 Å². The number of hydrogen-bond acceptors (Lipinski definition) is 8. The second kappa shape index (κ2) is 9.82. The Kier molecular flexibility index (Phi) is 7.06. The van der Waals surface area contributed by atoms with Gasteiger partial charge in [0.2, 0.25) is 5.13 Å². The van der Waals surface area contributed by atoms with Crippen LogP contribution in [0, 0.1) is 0 Å². The van der Waals surface area contributed by atoms with E-state index in [4.69, 9.17) is 0 Å². The lowest BCUT2D eigenvalue weighted by molar-refractivity contribution is 0.0743. The molecule has 0 atom stereocenters. The predicted octanol–water partition coefficient (Wildman–Crippen LogP) is 4.07. The number of aromatic nitrogens is 2. The lowest BCUT2D eigenvalue weighted by Crippen LogP contribution is -2.49.